The number of nitriles is 1. The molecule has 2 rings (SSSR count). The van der Waals surface area contributed by atoms with Gasteiger partial charge in [0.25, 0.3) is 0 Å². The molecule has 0 aliphatic heterocycles. The molecule has 0 atom stereocenters. The Balaban J connectivity index is 1.96. The maximum absolute atomic E-state index is 11.7. The van der Waals surface area contributed by atoms with Crippen LogP contribution in [-0.4, -0.2) is 15.7 Å². The number of carbonyl (C=O) groups is 1. The molecule has 84 valence electrons. The lowest BCUT2D eigenvalue weighted by Crippen LogP contribution is -2.30. The lowest BCUT2D eigenvalue weighted by Gasteiger charge is -2.06. The largest absolute Gasteiger partial charge is 0.351 e. The molecule has 1 aromatic heterocycles. The lowest BCUT2D eigenvalue weighted by molar-refractivity contribution is -0.124. The Morgan fingerprint density at radius 1 is 1.75 bits per heavy atom. The summed E-state index contributed by atoms with van der Waals surface area (Å²) in [4.78, 5) is 11.7. The molecule has 0 radical (unpaired) electrons. The van der Waals surface area contributed by atoms with E-state index in [-0.39, 0.29) is 5.91 Å². The van der Waals surface area contributed by atoms with Crippen LogP contribution >= 0.6 is 0 Å². The van der Waals surface area contributed by atoms with Crippen LogP contribution in [0.3, 0.4) is 0 Å². The highest BCUT2D eigenvalue weighted by atomic mass is 16.2. The molecule has 0 spiro atoms. The van der Waals surface area contributed by atoms with Gasteiger partial charge in [-0.3, -0.25) is 9.48 Å². The maximum Gasteiger partial charge on any atom is 0.240 e. The molecule has 0 saturated heterocycles. The fourth-order valence-electron chi connectivity index (χ4n) is 1.68. The molecule has 0 aromatic carbocycles. The van der Waals surface area contributed by atoms with Gasteiger partial charge < -0.3 is 5.32 Å². The van der Waals surface area contributed by atoms with Gasteiger partial charge in [-0.25, -0.2) is 0 Å². The van der Waals surface area contributed by atoms with E-state index in [1.54, 1.807) is 4.68 Å². The van der Waals surface area contributed by atoms with Crippen LogP contribution in [0.2, 0.25) is 0 Å². The highest BCUT2D eigenvalue weighted by Gasteiger charge is 2.50. The molecule has 1 fully saturated rings. The average Bonchev–Trinajstić information content (AvgIpc) is 2.98. The quantitative estimate of drug-likeness (QED) is 0.809. The Labute approximate surface area is 94.1 Å². The first-order chi connectivity index (χ1) is 7.57. The summed E-state index contributed by atoms with van der Waals surface area (Å²) in [7, 11) is 1.84. The van der Waals surface area contributed by atoms with Gasteiger partial charge in [0.1, 0.15) is 5.41 Å². The van der Waals surface area contributed by atoms with Gasteiger partial charge in [0.2, 0.25) is 5.91 Å². The predicted octanol–water partition coefficient (Wildman–Crippen LogP) is 0.648. The third kappa shape index (κ3) is 1.78. The van der Waals surface area contributed by atoms with Crippen LogP contribution < -0.4 is 5.32 Å². The molecule has 1 aromatic rings. The van der Waals surface area contributed by atoms with Gasteiger partial charge in [-0.2, -0.15) is 10.4 Å². The van der Waals surface area contributed by atoms with E-state index in [2.05, 4.69) is 16.5 Å². The smallest absolute Gasteiger partial charge is 0.240 e. The Morgan fingerprint density at radius 2 is 2.44 bits per heavy atom. The number of rotatable bonds is 3. The molecule has 1 heterocycles. The standard InChI is InChI=1S/C11H14N4O/c1-8-9(6-15(2)14-8)5-13-10(16)11(7-12)3-4-11/h6H,3-5H2,1-2H3,(H,13,16). The predicted molar refractivity (Wildman–Crippen MR) is 57.1 cm³/mol. The number of nitrogens with one attached hydrogen (secondary N) is 1. The minimum atomic E-state index is -0.740. The summed E-state index contributed by atoms with van der Waals surface area (Å²) in [5.41, 5.74) is 1.16. The van der Waals surface area contributed by atoms with Crippen LogP contribution in [0.25, 0.3) is 0 Å². The van der Waals surface area contributed by atoms with Crippen LogP contribution in [0.4, 0.5) is 0 Å². The molecule has 0 bridgehead atoms. The normalized spacial score (nSPS) is 16.6. The Hall–Kier alpha value is -1.83. The van der Waals surface area contributed by atoms with Gasteiger partial charge in [-0.15, -0.1) is 0 Å². The first-order valence-electron chi connectivity index (χ1n) is 5.26. The minimum absolute atomic E-state index is 0.154. The van der Waals surface area contributed by atoms with E-state index in [9.17, 15) is 4.79 Å². The minimum Gasteiger partial charge on any atom is -0.351 e. The zero-order valence-corrected chi connectivity index (χ0v) is 9.45. The van der Waals surface area contributed by atoms with Crippen LogP contribution in [0.15, 0.2) is 6.20 Å². The van der Waals surface area contributed by atoms with Crippen molar-refractivity contribution in [3.63, 3.8) is 0 Å². The number of nitrogens with zero attached hydrogens (tertiary/aromatic N) is 3. The Bertz CT molecular complexity index is 465. The monoisotopic (exact) mass is 218 g/mol. The number of carbonyl (C=O) groups excluding carboxylic acids is 1. The summed E-state index contributed by atoms with van der Waals surface area (Å²) in [6.07, 6.45) is 3.24. The topological polar surface area (TPSA) is 70.7 Å². The maximum atomic E-state index is 11.7. The molecule has 5 nitrogen and oxygen atoms in total. The van der Waals surface area contributed by atoms with E-state index < -0.39 is 5.41 Å². The van der Waals surface area contributed by atoms with E-state index >= 15 is 0 Å². The number of aryl methyl sites for hydroxylation is 2. The zero-order valence-electron chi connectivity index (χ0n) is 9.45. The van der Waals surface area contributed by atoms with Crippen molar-refractivity contribution >= 4 is 5.91 Å². The molecule has 1 saturated carbocycles. The molecular weight excluding hydrogens is 204 g/mol. The third-order valence-corrected chi connectivity index (χ3v) is 2.95. The van der Waals surface area contributed by atoms with Crippen molar-refractivity contribution in [2.24, 2.45) is 12.5 Å². The van der Waals surface area contributed by atoms with Gasteiger partial charge in [-0.05, 0) is 19.8 Å². The van der Waals surface area contributed by atoms with Crippen molar-refractivity contribution < 1.29 is 4.79 Å². The highest BCUT2D eigenvalue weighted by molar-refractivity contribution is 5.88. The summed E-state index contributed by atoms with van der Waals surface area (Å²) in [6.45, 7) is 2.35. The van der Waals surface area contributed by atoms with E-state index in [1.165, 1.54) is 0 Å². The highest BCUT2D eigenvalue weighted by Crippen LogP contribution is 2.44. The van der Waals surface area contributed by atoms with Gasteiger partial charge in [0.05, 0.1) is 11.8 Å². The van der Waals surface area contributed by atoms with Crippen molar-refractivity contribution in [2.45, 2.75) is 26.3 Å². The van der Waals surface area contributed by atoms with Crippen molar-refractivity contribution in [2.75, 3.05) is 0 Å². The van der Waals surface area contributed by atoms with Crippen LogP contribution in [0.5, 0.6) is 0 Å². The second-order valence-electron chi connectivity index (χ2n) is 4.29. The molecule has 1 aliphatic carbocycles. The van der Waals surface area contributed by atoms with Gasteiger partial charge >= 0.3 is 0 Å². The molecule has 1 amide bonds. The number of hydrogen-bond donors (Lipinski definition) is 1. The first-order valence-corrected chi connectivity index (χ1v) is 5.26. The number of aromatic nitrogens is 2. The summed E-state index contributed by atoms with van der Waals surface area (Å²) in [6, 6.07) is 2.08. The first kappa shape index (κ1) is 10.7. The number of hydrogen-bond acceptors (Lipinski definition) is 3. The number of amides is 1. The second kappa shape index (κ2) is 3.63. The molecule has 1 aliphatic rings. The van der Waals surface area contributed by atoms with E-state index in [0.29, 0.717) is 19.4 Å². The average molecular weight is 218 g/mol. The summed E-state index contributed by atoms with van der Waals surface area (Å²) in [5, 5.41) is 15.8. The van der Waals surface area contributed by atoms with E-state index in [0.717, 1.165) is 11.3 Å². The molecule has 0 unspecified atom stereocenters. The zero-order chi connectivity index (χ0) is 11.8. The Morgan fingerprint density at radius 3 is 2.88 bits per heavy atom. The molecule has 16 heavy (non-hydrogen) atoms. The van der Waals surface area contributed by atoms with Crippen molar-refractivity contribution in [1.82, 2.24) is 15.1 Å². The lowest BCUT2D eigenvalue weighted by atomic mass is 10.1. The van der Waals surface area contributed by atoms with Crippen molar-refractivity contribution in [1.29, 1.82) is 5.26 Å². The summed E-state index contributed by atoms with van der Waals surface area (Å²) < 4.78 is 1.72. The van der Waals surface area contributed by atoms with Crippen molar-refractivity contribution in [3.05, 3.63) is 17.5 Å². The fraction of sp³-hybridized carbons (Fsp3) is 0.545. The fourth-order valence-corrected chi connectivity index (χ4v) is 1.68. The molecule has 5 heteroatoms. The molecule has 1 N–H and O–H groups in total. The SMILES string of the molecule is Cc1nn(C)cc1CNC(=O)C1(C#N)CC1. The Kier molecular flexibility index (Phi) is 2.43. The molecular formula is C11H14N4O. The van der Waals surface area contributed by atoms with Crippen LogP contribution in [0.1, 0.15) is 24.1 Å². The van der Waals surface area contributed by atoms with Crippen LogP contribution in [-0.2, 0) is 18.4 Å². The van der Waals surface area contributed by atoms with Gasteiger partial charge in [0.15, 0.2) is 0 Å². The van der Waals surface area contributed by atoms with Gasteiger partial charge in [0, 0.05) is 25.4 Å². The van der Waals surface area contributed by atoms with E-state index in [1.807, 2.05) is 20.2 Å². The summed E-state index contributed by atoms with van der Waals surface area (Å²) in [5.74, 6) is -0.154. The van der Waals surface area contributed by atoms with Gasteiger partial charge in [-0.1, -0.05) is 0 Å². The third-order valence-electron chi connectivity index (χ3n) is 2.95. The van der Waals surface area contributed by atoms with E-state index in [4.69, 9.17) is 5.26 Å². The van der Waals surface area contributed by atoms with Crippen LogP contribution in [0, 0.1) is 23.7 Å². The second-order valence-corrected chi connectivity index (χ2v) is 4.29. The summed E-state index contributed by atoms with van der Waals surface area (Å²) >= 11 is 0. The van der Waals surface area contributed by atoms with Crippen molar-refractivity contribution in [3.8, 4) is 6.07 Å².